The topological polar surface area (TPSA) is 70.3 Å². The second-order valence-electron chi connectivity index (χ2n) is 8.32. The van der Waals surface area contributed by atoms with Crippen molar-refractivity contribution in [3.05, 3.63) is 89.9 Å². The van der Waals surface area contributed by atoms with E-state index in [9.17, 15) is 9.90 Å². The lowest BCUT2D eigenvalue weighted by Crippen LogP contribution is -2.48. The summed E-state index contributed by atoms with van der Waals surface area (Å²) < 4.78 is 7.93. The van der Waals surface area contributed by atoms with Crippen molar-refractivity contribution >= 4 is 17.2 Å². The molecule has 168 valence electrons. The number of hydrogen-bond donors (Lipinski definition) is 1. The van der Waals surface area contributed by atoms with E-state index in [2.05, 4.69) is 9.88 Å². The number of aryl methyl sites for hydroxylation is 1. The zero-order valence-corrected chi connectivity index (χ0v) is 18.5. The minimum absolute atomic E-state index is 0.00834. The van der Waals surface area contributed by atoms with Crippen LogP contribution in [-0.2, 0) is 6.61 Å². The minimum atomic E-state index is 0.00834. The fourth-order valence-electron chi connectivity index (χ4n) is 4.12. The maximum atomic E-state index is 13.1. The molecular weight excluding hydrogens is 416 g/mol. The highest BCUT2D eigenvalue weighted by Gasteiger charge is 2.22. The Labute approximate surface area is 192 Å². The molecule has 3 heterocycles. The molecule has 7 heteroatoms. The van der Waals surface area contributed by atoms with Crippen LogP contribution in [0, 0.1) is 6.92 Å². The summed E-state index contributed by atoms with van der Waals surface area (Å²) in [7, 11) is 0. The predicted octanol–water partition coefficient (Wildman–Crippen LogP) is 3.89. The summed E-state index contributed by atoms with van der Waals surface area (Å²) in [5, 5.41) is 9.48. The lowest BCUT2D eigenvalue weighted by atomic mass is 10.1. The molecule has 0 bridgehead atoms. The Bertz CT molecular complexity index is 1270. The summed E-state index contributed by atoms with van der Waals surface area (Å²) >= 11 is 0. The molecule has 7 nitrogen and oxygen atoms in total. The molecule has 33 heavy (non-hydrogen) atoms. The lowest BCUT2D eigenvalue weighted by molar-refractivity contribution is 0.0746. The molecule has 4 aromatic rings. The summed E-state index contributed by atoms with van der Waals surface area (Å²) in [6.07, 6.45) is 4.00. The van der Waals surface area contributed by atoms with Crippen LogP contribution < -0.4 is 9.64 Å². The molecule has 0 spiro atoms. The third-order valence-corrected chi connectivity index (χ3v) is 5.90. The molecule has 1 aliphatic rings. The number of ether oxygens (including phenoxy) is 1. The Balaban J connectivity index is 1.20. The van der Waals surface area contributed by atoms with Crippen molar-refractivity contribution in [2.75, 3.05) is 31.1 Å². The number of amides is 1. The van der Waals surface area contributed by atoms with Gasteiger partial charge < -0.3 is 24.0 Å². The summed E-state index contributed by atoms with van der Waals surface area (Å²) in [4.78, 5) is 21.7. The van der Waals surface area contributed by atoms with Gasteiger partial charge in [0.15, 0.2) is 0 Å². The van der Waals surface area contributed by atoms with Gasteiger partial charge in [-0.1, -0.05) is 12.1 Å². The number of phenols is 1. The molecule has 1 fully saturated rings. The first-order chi connectivity index (χ1) is 16.0. The Morgan fingerprint density at radius 1 is 1.00 bits per heavy atom. The first-order valence-corrected chi connectivity index (χ1v) is 11.1. The van der Waals surface area contributed by atoms with E-state index in [-0.39, 0.29) is 11.7 Å². The summed E-state index contributed by atoms with van der Waals surface area (Å²) in [6, 6.07) is 18.5. The number of aromatic nitrogens is 2. The van der Waals surface area contributed by atoms with Gasteiger partial charge in [-0.05, 0) is 61.0 Å². The molecule has 0 saturated carbocycles. The van der Waals surface area contributed by atoms with Crippen LogP contribution in [0.3, 0.4) is 0 Å². The van der Waals surface area contributed by atoms with Gasteiger partial charge in [0.2, 0.25) is 0 Å². The van der Waals surface area contributed by atoms with Crippen LogP contribution >= 0.6 is 0 Å². The summed E-state index contributed by atoms with van der Waals surface area (Å²) in [5.74, 6) is 0.914. The standard InChI is InChI=1S/C26H26N4O3/c1-19-5-10-25-27-21(17-30(25)16-19)18-33-24-4-2-3-20(15-24)26(32)29-13-11-28(12-14-29)22-6-8-23(31)9-7-22/h2-10,15-17,31H,11-14,18H2,1H3. The number of aromatic hydroxyl groups is 1. The average Bonchev–Trinajstić information content (AvgIpc) is 3.25. The molecule has 0 unspecified atom stereocenters. The molecule has 1 amide bonds. The fraction of sp³-hybridized carbons (Fsp3) is 0.231. The van der Waals surface area contributed by atoms with Crippen LogP contribution in [0.25, 0.3) is 5.65 Å². The number of piperazine rings is 1. The highest BCUT2D eigenvalue weighted by molar-refractivity contribution is 5.94. The van der Waals surface area contributed by atoms with Gasteiger partial charge in [0, 0.05) is 49.8 Å². The van der Waals surface area contributed by atoms with Gasteiger partial charge in [-0.25, -0.2) is 4.98 Å². The smallest absolute Gasteiger partial charge is 0.254 e. The monoisotopic (exact) mass is 442 g/mol. The molecule has 1 saturated heterocycles. The third kappa shape index (κ3) is 4.62. The number of fused-ring (bicyclic) bond motifs is 1. The van der Waals surface area contributed by atoms with Crippen molar-refractivity contribution in [2.45, 2.75) is 13.5 Å². The van der Waals surface area contributed by atoms with E-state index in [0.29, 0.717) is 31.0 Å². The van der Waals surface area contributed by atoms with E-state index < -0.39 is 0 Å². The Kier molecular flexibility index (Phi) is 5.60. The maximum absolute atomic E-state index is 13.1. The lowest BCUT2D eigenvalue weighted by Gasteiger charge is -2.36. The first-order valence-electron chi connectivity index (χ1n) is 11.1. The van der Waals surface area contributed by atoms with E-state index in [1.165, 1.54) is 5.56 Å². The van der Waals surface area contributed by atoms with Gasteiger partial charge in [-0.15, -0.1) is 0 Å². The molecule has 1 aliphatic heterocycles. The summed E-state index contributed by atoms with van der Waals surface area (Å²) in [5.41, 5.74) is 4.56. The van der Waals surface area contributed by atoms with Crippen molar-refractivity contribution in [1.29, 1.82) is 0 Å². The van der Waals surface area contributed by atoms with Crippen LogP contribution in [0.2, 0.25) is 0 Å². The van der Waals surface area contributed by atoms with E-state index >= 15 is 0 Å². The highest BCUT2D eigenvalue weighted by Crippen LogP contribution is 2.22. The third-order valence-electron chi connectivity index (χ3n) is 5.90. The molecule has 0 atom stereocenters. The van der Waals surface area contributed by atoms with Gasteiger partial charge in [0.1, 0.15) is 23.8 Å². The Hall–Kier alpha value is -4.00. The van der Waals surface area contributed by atoms with Crippen LogP contribution in [0.15, 0.2) is 73.1 Å². The predicted molar refractivity (Wildman–Crippen MR) is 127 cm³/mol. The van der Waals surface area contributed by atoms with E-state index in [0.717, 1.165) is 30.1 Å². The second kappa shape index (κ2) is 8.86. The molecule has 0 radical (unpaired) electrons. The van der Waals surface area contributed by atoms with Crippen molar-refractivity contribution in [3.63, 3.8) is 0 Å². The zero-order valence-electron chi connectivity index (χ0n) is 18.5. The fourth-order valence-corrected chi connectivity index (χ4v) is 4.12. The average molecular weight is 443 g/mol. The number of rotatable bonds is 5. The van der Waals surface area contributed by atoms with E-state index in [4.69, 9.17) is 4.74 Å². The van der Waals surface area contributed by atoms with E-state index in [1.54, 1.807) is 18.2 Å². The van der Waals surface area contributed by atoms with Crippen LogP contribution in [0.1, 0.15) is 21.6 Å². The van der Waals surface area contributed by atoms with Crippen LogP contribution in [0.4, 0.5) is 5.69 Å². The molecule has 2 aromatic heterocycles. The van der Waals surface area contributed by atoms with E-state index in [1.807, 2.05) is 71.1 Å². The van der Waals surface area contributed by atoms with Crippen molar-refractivity contribution in [2.24, 2.45) is 0 Å². The number of pyridine rings is 1. The van der Waals surface area contributed by atoms with Gasteiger partial charge >= 0.3 is 0 Å². The Morgan fingerprint density at radius 3 is 2.58 bits per heavy atom. The SMILES string of the molecule is Cc1ccc2nc(COc3cccc(C(=O)N4CCN(c5ccc(O)cc5)CC4)c3)cn2c1. The number of hydrogen-bond acceptors (Lipinski definition) is 5. The Morgan fingerprint density at radius 2 is 1.79 bits per heavy atom. The molecule has 0 aliphatic carbocycles. The number of nitrogens with zero attached hydrogens (tertiary/aromatic N) is 4. The molecule has 5 rings (SSSR count). The van der Waals surface area contributed by atoms with Crippen molar-refractivity contribution in [1.82, 2.24) is 14.3 Å². The number of imidazole rings is 1. The first kappa shape index (κ1) is 20.9. The van der Waals surface area contributed by atoms with Gasteiger partial charge in [0.05, 0.1) is 5.69 Å². The van der Waals surface area contributed by atoms with Crippen molar-refractivity contribution < 1.29 is 14.6 Å². The zero-order chi connectivity index (χ0) is 22.8. The van der Waals surface area contributed by atoms with Gasteiger partial charge in [0.25, 0.3) is 5.91 Å². The quantitative estimate of drug-likeness (QED) is 0.508. The normalized spacial score (nSPS) is 14.0. The number of anilines is 1. The summed E-state index contributed by atoms with van der Waals surface area (Å²) in [6.45, 7) is 5.17. The maximum Gasteiger partial charge on any atom is 0.254 e. The minimum Gasteiger partial charge on any atom is -0.508 e. The molecule has 1 N–H and O–H groups in total. The van der Waals surface area contributed by atoms with Crippen LogP contribution in [-0.4, -0.2) is 51.5 Å². The number of carbonyl (C=O) groups is 1. The van der Waals surface area contributed by atoms with Gasteiger partial charge in [-0.2, -0.15) is 0 Å². The number of phenolic OH excluding ortho intramolecular Hbond substituents is 1. The number of carbonyl (C=O) groups excluding carboxylic acids is 1. The highest BCUT2D eigenvalue weighted by atomic mass is 16.5. The molecule has 2 aromatic carbocycles. The van der Waals surface area contributed by atoms with Crippen molar-refractivity contribution in [3.8, 4) is 11.5 Å². The molecular formula is C26H26N4O3. The second-order valence-corrected chi connectivity index (χ2v) is 8.32. The van der Waals surface area contributed by atoms with Gasteiger partial charge in [-0.3, -0.25) is 4.79 Å². The largest absolute Gasteiger partial charge is 0.508 e. The van der Waals surface area contributed by atoms with Crippen LogP contribution in [0.5, 0.6) is 11.5 Å². The number of benzene rings is 2.